The second-order valence-electron chi connectivity index (χ2n) is 8.61. The number of thiophene rings is 1. The van der Waals surface area contributed by atoms with Gasteiger partial charge < -0.3 is 14.5 Å². The molecule has 4 rings (SSSR count). The summed E-state index contributed by atoms with van der Waals surface area (Å²) < 4.78 is 32.6. The molecule has 5 nitrogen and oxygen atoms in total. The third kappa shape index (κ3) is 5.70. The minimum Gasteiger partial charge on any atom is -0.491 e. The first-order valence-electron chi connectivity index (χ1n) is 11.7. The van der Waals surface area contributed by atoms with Crippen LogP contribution in [0, 0.1) is 11.6 Å². The van der Waals surface area contributed by atoms with Crippen molar-refractivity contribution in [1.29, 1.82) is 0 Å². The Labute approximate surface area is 207 Å². The molecule has 2 heterocycles. The van der Waals surface area contributed by atoms with Gasteiger partial charge in [0.1, 0.15) is 30.5 Å². The fourth-order valence-electron chi connectivity index (χ4n) is 4.22. The molecule has 1 aliphatic heterocycles. The zero-order chi connectivity index (χ0) is 24.9. The maximum Gasteiger partial charge on any atom is 0.254 e. The Kier molecular flexibility index (Phi) is 7.80. The number of halogens is 2. The molecule has 0 saturated heterocycles. The summed E-state index contributed by atoms with van der Waals surface area (Å²) in [6.07, 6.45) is 1.41. The predicted molar refractivity (Wildman–Crippen MR) is 132 cm³/mol. The molecule has 0 radical (unpaired) electrons. The Bertz CT molecular complexity index is 1160. The largest absolute Gasteiger partial charge is 0.491 e. The van der Waals surface area contributed by atoms with Gasteiger partial charge in [0.25, 0.3) is 5.91 Å². The lowest BCUT2D eigenvalue weighted by Crippen LogP contribution is -2.49. The molecule has 0 fully saturated rings. The zero-order valence-electron chi connectivity index (χ0n) is 19.7. The van der Waals surface area contributed by atoms with Crippen LogP contribution in [-0.4, -0.2) is 47.4 Å². The molecule has 0 saturated carbocycles. The fourth-order valence-corrected chi connectivity index (χ4v) is 5.15. The number of ether oxygens (including phenoxy) is 1. The smallest absolute Gasteiger partial charge is 0.254 e. The Morgan fingerprint density at radius 1 is 1.09 bits per heavy atom. The quantitative estimate of drug-likeness (QED) is 0.414. The highest BCUT2D eigenvalue weighted by Gasteiger charge is 2.34. The summed E-state index contributed by atoms with van der Waals surface area (Å²) in [5.41, 5.74) is 1.38. The second kappa shape index (κ2) is 11.0. The average Bonchev–Trinajstić information content (AvgIpc) is 3.35. The Balaban J connectivity index is 1.54. The van der Waals surface area contributed by atoms with E-state index in [2.05, 4.69) is 0 Å². The molecular weight excluding hydrogens is 470 g/mol. The summed E-state index contributed by atoms with van der Waals surface area (Å²) in [4.78, 5) is 31.4. The summed E-state index contributed by atoms with van der Waals surface area (Å²) >= 11 is 1.65. The molecule has 3 aromatic rings. The summed E-state index contributed by atoms with van der Waals surface area (Å²) in [6, 6.07) is 12.7. The first-order chi connectivity index (χ1) is 16.9. The van der Waals surface area contributed by atoms with E-state index in [-0.39, 0.29) is 42.9 Å². The van der Waals surface area contributed by atoms with Crippen LogP contribution in [0.15, 0.2) is 60.0 Å². The topological polar surface area (TPSA) is 49.9 Å². The van der Waals surface area contributed by atoms with E-state index in [1.165, 1.54) is 41.3 Å². The summed E-state index contributed by atoms with van der Waals surface area (Å²) in [5.74, 6) is -0.723. The highest BCUT2D eigenvalue weighted by Crippen LogP contribution is 2.34. The van der Waals surface area contributed by atoms with E-state index in [0.717, 1.165) is 12.0 Å². The monoisotopic (exact) mass is 498 g/mol. The predicted octanol–water partition coefficient (Wildman–Crippen LogP) is 5.47. The van der Waals surface area contributed by atoms with Gasteiger partial charge in [0.05, 0.1) is 6.04 Å². The van der Waals surface area contributed by atoms with Gasteiger partial charge in [-0.25, -0.2) is 8.78 Å². The van der Waals surface area contributed by atoms with Gasteiger partial charge in [-0.1, -0.05) is 6.92 Å². The van der Waals surface area contributed by atoms with Crippen LogP contribution in [0.25, 0.3) is 0 Å². The molecule has 1 aliphatic rings. The molecule has 8 heteroatoms. The van der Waals surface area contributed by atoms with Crippen molar-refractivity contribution in [2.75, 3.05) is 19.7 Å². The van der Waals surface area contributed by atoms with E-state index in [0.29, 0.717) is 24.3 Å². The number of rotatable bonds is 8. The van der Waals surface area contributed by atoms with Crippen molar-refractivity contribution in [2.24, 2.45) is 0 Å². The van der Waals surface area contributed by atoms with Gasteiger partial charge in [0.15, 0.2) is 0 Å². The molecule has 0 bridgehead atoms. The number of amides is 2. The standard InChI is InChI=1S/C27H28F2N2O3S/c1-3-18(2)31(27(33)19-4-6-20(28)7-5-19)16-26(32)30-14-12-25-23(13-15-35-25)24(30)17-34-22-10-8-21(29)9-11-22/h4-11,13,15,18,24H,3,12,14,16-17H2,1-2H3/t18-,24-/m1/s1. The van der Waals surface area contributed by atoms with Crippen LogP contribution >= 0.6 is 11.3 Å². The molecule has 0 N–H and O–H groups in total. The highest BCUT2D eigenvalue weighted by molar-refractivity contribution is 7.10. The van der Waals surface area contributed by atoms with E-state index in [1.807, 2.05) is 25.3 Å². The molecule has 35 heavy (non-hydrogen) atoms. The van der Waals surface area contributed by atoms with E-state index < -0.39 is 5.82 Å². The van der Waals surface area contributed by atoms with Crippen LogP contribution in [0.2, 0.25) is 0 Å². The van der Waals surface area contributed by atoms with Gasteiger partial charge in [-0.05, 0) is 85.3 Å². The number of carbonyl (C=O) groups is 2. The lowest BCUT2D eigenvalue weighted by molar-refractivity contribution is -0.136. The normalized spacial score (nSPS) is 15.9. The van der Waals surface area contributed by atoms with Crippen LogP contribution in [0.1, 0.15) is 47.1 Å². The number of hydrogen-bond donors (Lipinski definition) is 0. The van der Waals surface area contributed by atoms with Crippen molar-refractivity contribution >= 4 is 23.2 Å². The van der Waals surface area contributed by atoms with Crippen LogP contribution in [-0.2, 0) is 11.2 Å². The molecular formula is C27H28F2N2O3S. The van der Waals surface area contributed by atoms with E-state index in [4.69, 9.17) is 4.74 Å². The maximum absolute atomic E-state index is 13.6. The fraction of sp³-hybridized carbons (Fsp3) is 0.333. The SMILES string of the molecule is CC[C@@H](C)N(CC(=O)N1CCc2sccc2[C@H]1COc1ccc(F)cc1)C(=O)c1ccc(F)cc1. The maximum atomic E-state index is 13.6. The van der Waals surface area contributed by atoms with E-state index in [9.17, 15) is 18.4 Å². The molecule has 2 aromatic carbocycles. The lowest BCUT2D eigenvalue weighted by Gasteiger charge is -2.38. The number of nitrogens with zero attached hydrogens (tertiary/aromatic N) is 2. The molecule has 2 amide bonds. The summed E-state index contributed by atoms with van der Waals surface area (Å²) in [7, 11) is 0. The summed E-state index contributed by atoms with van der Waals surface area (Å²) in [5, 5.41) is 2.01. The van der Waals surface area contributed by atoms with Gasteiger partial charge >= 0.3 is 0 Å². The minimum absolute atomic E-state index is 0.0856. The Hall–Kier alpha value is -3.26. The zero-order valence-corrected chi connectivity index (χ0v) is 20.6. The van der Waals surface area contributed by atoms with Gasteiger partial charge in [0, 0.05) is 23.0 Å². The van der Waals surface area contributed by atoms with Crippen molar-refractivity contribution in [3.05, 3.63) is 87.6 Å². The Morgan fingerprint density at radius 3 is 2.40 bits per heavy atom. The van der Waals surface area contributed by atoms with E-state index in [1.54, 1.807) is 33.3 Å². The van der Waals surface area contributed by atoms with Crippen LogP contribution in [0.3, 0.4) is 0 Å². The van der Waals surface area contributed by atoms with Crippen molar-refractivity contribution in [1.82, 2.24) is 9.80 Å². The number of carbonyl (C=O) groups excluding carboxylic acids is 2. The van der Waals surface area contributed by atoms with Crippen molar-refractivity contribution in [2.45, 2.75) is 38.8 Å². The molecule has 2 atom stereocenters. The molecule has 1 aromatic heterocycles. The van der Waals surface area contributed by atoms with Crippen molar-refractivity contribution in [3.63, 3.8) is 0 Å². The highest BCUT2D eigenvalue weighted by atomic mass is 32.1. The molecule has 0 aliphatic carbocycles. The number of benzene rings is 2. The van der Waals surface area contributed by atoms with Crippen molar-refractivity contribution < 1.29 is 23.1 Å². The number of hydrogen-bond acceptors (Lipinski definition) is 4. The van der Waals surface area contributed by atoms with E-state index >= 15 is 0 Å². The van der Waals surface area contributed by atoms with Gasteiger partial charge in [-0.3, -0.25) is 9.59 Å². The third-order valence-corrected chi connectivity index (χ3v) is 7.41. The second-order valence-corrected chi connectivity index (χ2v) is 9.61. The first-order valence-corrected chi connectivity index (χ1v) is 12.6. The lowest BCUT2D eigenvalue weighted by atomic mass is 10.00. The van der Waals surface area contributed by atoms with Crippen LogP contribution in [0.4, 0.5) is 8.78 Å². The average molecular weight is 499 g/mol. The minimum atomic E-state index is -0.420. The third-order valence-electron chi connectivity index (χ3n) is 6.42. The van der Waals surface area contributed by atoms with Crippen LogP contribution < -0.4 is 4.74 Å². The molecule has 184 valence electrons. The first kappa shape index (κ1) is 24.9. The van der Waals surface area contributed by atoms with Gasteiger partial charge in [0.2, 0.25) is 5.91 Å². The number of fused-ring (bicyclic) bond motifs is 1. The van der Waals surface area contributed by atoms with Gasteiger partial charge in [-0.15, -0.1) is 11.3 Å². The van der Waals surface area contributed by atoms with Crippen LogP contribution in [0.5, 0.6) is 5.75 Å². The molecule has 0 spiro atoms. The Morgan fingerprint density at radius 2 is 1.74 bits per heavy atom. The summed E-state index contributed by atoms with van der Waals surface area (Å²) in [6.45, 7) is 4.51. The van der Waals surface area contributed by atoms with Crippen molar-refractivity contribution in [3.8, 4) is 5.75 Å². The van der Waals surface area contributed by atoms with Gasteiger partial charge in [-0.2, -0.15) is 0 Å². The molecule has 0 unspecified atom stereocenters.